The van der Waals surface area contributed by atoms with Crippen molar-refractivity contribution in [3.05, 3.63) is 28.2 Å². The third-order valence-corrected chi connectivity index (χ3v) is 2.58. The van der Waals surface area contributed by atoms with E-state index in [0.717, 1.165) is 10.0 Å². The topological polar surface area (TPSA) is 40.5 Å². The van der Waals surface area contributed by atoms with Crippen molar-refractivity contribution in [1.29, 1.82) is 0 Å². The first-order chi connectivity index (χ1) is 5.13. The third-order valence-electron chi connectivity index (χ3n) is 1.50. The second-order valence-electron chi connectivity index (χ2n) is 2.35. The summed E-state index contributed by atoms with van der Waals surface area (Å²) in [6.07, 6.45) is 0. The Morgan fingerprint density at radius 1 is 1.36 bits per heavy atom. The molecule has 0 aliphatic heterocycles. The molecule has 0 saturated carbocycles. The molecule has 2 N–H and O–H groups in total. The van der Waals surface area contributed by atoms with Crippen molar-refractivity contribution >= 4 is 28.5 Å². The highest BCUT2D eigenvalue weighted by Gasteiger charge is 2.14. The molecular weight excluding hydrogens is 207 g/mol. The second kappa shape index (κ2) is 3.39. The Morgan fingerprint density at radius 2 is 2.00 bits per heavy atom. The summed E-state index contributed by atoms with van der Waals surface area (Å²) in [5.74, 6) is 0. The van der Waals surface area contributed by atoms with Gasteiger partial charge in [0.1, 0.15) is 0 Å². The molecule has 0 aliphatic carbocycles. The smallest absolute Gasteiger partial charge is 0.423 e. The Bertz CT molecular complexity index is 263. The van der Waals surface area contributed by atoms with E-state index in [4.69, 9.17) is 10.0 Å². The number of rotatable bonds is 1. The van der Waals surface area contributed by atoms with Crippen molar-refractivity contribution in [1.82, 2.24) is 0 Å². The van der Waals surface area contributed by atoms with Gasteiger partial charge >= 0.3 is 7.12 Å². The maximum atomic E-state index is 8.85. The van der Waals surface area contributed by atoms with Gasteiger partial charge in [-0.2, -0.15) is 0 Å². The number of hydrogen-bond acceptors (Lipinski definition) is 2. The van der Waals surface area contributed by atoms with Gasteiger partial charge in [0.2, 0.25) is 0 Å². The van der Waals surface area contributed by atoms with E-state index in [1.807, 2.05) is 13.0 Å². The summed E-state index contributed by atoms with van der Waals surface area (Å²) in [7, 11) is -1.40. The molecule has 58 valence electrons. The molecule has 0 heterocycles. The normalized spacial score (nSPS) is 9.82. The van der Waals surface area contributed by atoms with Gasteiger partial charge in [-0.25, -0.2) is 0 Å². The fraction of sp³-hybridized carbons (Fsp3) is 0.143. The Morgan fingerprint density at radius 3 is 2.45 bits per heavy atom. The summed E-state index contributed by atoms with van der Waals surface area (Å²) in [6.45, 7) is 1.90. The molecule has 4 heteroatoms. The van der Waals surface area contributed by atoms with Gasteiger partial charge in [-0.1, -0.05) is 34.1 Å². The van der Waals surface area contributed by atoms with Crippen LogP contribution in [0.5, 0.6) is 0 Å². The van der Waals surface area contributed by atoms with Crippen LogP contribution in [0, 0.1) is 6.92 Å². The van der Waals surface area contributed by atoms with Crippen molar-refractivity contribution in [2.75, 3.05) is 0 Å². The Kier molecular flexibility index (Phi) is 2.70. The zero-order valence-corrected chi connectivity index (χ0v) is 7.67. The molecule has 0 radical (unpaired) electrons. The minimum Gasteiger partial charge on any atom is -0.423 e. The van der Waals surface area contributed by atoms with Crippen molar-refractivity contribution in [3.63, 3.8) is 0 Å². The lowest BCUT2D eigenvalue weighted by atomic mass is 9.80. The molecular formula is C7H8BBrO2. The van der Waals surface area contributed by atoms with Crippen LogP contribution in [0.15, 0.2) is 22.7 Å². The maximum Gasteiger partial charge on any atom is 0.489 e. The van der Waals surface area contributed by atoms with Crippen LogP contribution in [0.2, 0.25) is 0 Å². The quantitative estimate of drug-likeness (QED) is 0.667. The fourth-order valence-corrected chi connectivity index (χ4v) is 1.34. The molecule has 0 spiro atoms. The van der Waals surface area contributed by atoms with Gasteiger partial charge < -0.3 is 10.0 Å². The van der Waals surface area contributed by atoms with Crippen molar-refractivity contribution in [3.8, 4) is 0 Å². The zero-order valence-electron chi connectivity index (χ0n) is 6.08. The lowest BCUT2D eigenvalue weighted by Gasteiger charge is -2.04. The first-order valence-corrected chi connectivity index (χ1v) is 4.03. The van der Waals surface area contributed by atoms with E-state index < -0.39 is 7.12 Å². The van der Waals surface area contributed by atoms with E-state index in [2.05, 4.69) is 15.9 Å². The van der Waals surface area contributed by atoms with Crippen LogP contribution in [-0.2, 0) is 0 Å². The van der Waals surface area contributed by atoms with E-state index >= 15 is 0 Å². The predicted molar refractivity (Wildman–Crippen MR) is 48.7 cm³/mol. The number of aryl methyl sites for hydroxylation is 1. The van der Waals surface area contributed by atoms with Crippen LogP contribution in [0.4, 0.5) is 0 Å². The molecule has 0 bridgehead atoms. The highest BCUT2D eigenvalue weighted by atomic mass is 79.9. The Balaban J connectivity index is 3.17. The van der Waals surface area contributed by atoms with Crippen LogP contribution in [0.25, 0.3) is 0 Å². The fourth-order valence-electron chi connectivity index (χ4n) is 0.870. The molecule has 0 amide bonds. The molecule has 2 nitrogen and oxygen atoms in total. The predicted octanol–water partition coefficient (Wildman–Crippen LogP) is 0.437. The minimum absolute atomic E-state index is 0.505. The SMILES string of the molecule is Cc1cccc(B(O)O)c1Br. The summed E-state index contributed by atoms with van der Waals surface area (Å²) in [4.78, 5) is 0. The molecule has 1 aromatic rings. The minimum atomic E-state index is -1.40. The van der Waals surface area contributed by atoms with Gasteiger partial charge in [-0.05, 0) is 17.9 Å². The summed E-state index contributed by atoms with van der Waals surface area (Å²) in [6, 6.07) is 5.35. The molecule has 1 rings (SSSR count). The van der Waals surface area contributed by atoms with Gasteiger partial charge in [0.15, 0.2) is 0 Å². The van der Waals surface area contributed by atoms with Gasteiger partial charge in [0, 0.05) is 4.47 Å². The Labute approximate surface area is 74.1 Å². The van der Waals surface area contributed by atoms with E-state index in [1.54, 1.807) is 12.1 Å². The van der Waals surface area contributed by atoms with Crippen LogP contribution >= 0.6 is 15.9 Å². The largest absolute Gasteiger partial charge is 0.489 e. The lowest BCUT2D eigenvalue weighted by Crippen LogP contribution is -2.31. The van der Waals surface area contributed by atoms with Gasteiger partial charge in [-0.15, -0.1) is 0 Å². The van der Waals surface area contributed by atoms with Gasteiger partial charge in [-0.3, -0.25) is 0 Å². The maximum absolute atomic E-state index is 8.85. The van der Waals surface area contributed by atoms with Crippen LogP contribution in [-0.4, -0.2) is 17.2 Å². The summed E-state index contributed by atoms with van der Waals surface area (Å²) < 4.78 is 0.759. The second-order valence-corrected chi connectivity index (χ2v) is 3.14. The average molecular weight is 215 g/mol. The highest BCUT2D eigenvalue weighted by molar-refractivity contribution is 9.10. The summed E-state index contributed by atoms with van der Waals surface area (Å²) in [5, 5.41) is 17.7. The molecule has 11 heavy (non-hydrogen) atoms. The molecule has 0 fully saturated rings. The van der Waals surface area contributed by atoms with E-state index in [1.165, 1.54) is 0 Å². The highest BCUT2D eigenvalue weighted by Crippen LogP contribution is 2.12. The summed E-state index contributed by atoms with van der Waals surface area (Å²) >= 11 is 3.26. The average Bonchev–Trinajstić information content (AvgIpc) is 1.94. The summed E-state index contributed by atoms with van der Waals surface area (Å²) in [5.41, 5.74) is 1.50. The third kappa shape index (κ3) is 1.83. The number of hydrogen-bond donors (Lipinski definition) is 2. The van der Waals surface area contributed by atoms with E-state index in [9.17, 15) is 0 Å². The van der Waals surface area contributed by atoms with E-state index in [0.29, 0.717) is 5.46 Å². The van der Waals surface area contributed by atoms with Crippen molar-refractivity contribution in [2.45, 2.75) is 6.92 Å². The standard InChI is InChI=1S/C7H8BBrO2/c1-5-3-2-4-6(7(5)9)8(10)11/h2-4,10-11H,1H3. The van der Waals surface area contributed by atoms with Crippen molar-refractivity contribution < 1.29 is 10.0 Å². The van der Waals surface area contributed by atoms with E-state index in [-0.39, 0.29) is 0 Å². The molecule has 0 unspecified atom stereocenters. The monoisotopic (exact) mass is 214 g/mol. The number of halogens is 1. The van der Waals surface area contributed by atoms with Gasteiger partial charge in [0.05, 0.1) is 0 Å². The van der Waals surface area contributed by atoms with Crippen LogP contribution in [0.3, 0.4) is 0 Å². The van der Waals surface area contributed by atoms with Crippen molar-refractivity contribution in [2.24, 2.45) is 0 Å². The molecule has 0 aliphatic rings. The molecule has 0 atom stereocenters. The molecule has 0 aromatic heterocycles. The van der Waals surface area contributed by atoms with Crippen LogP contribution < -0.4 is 5.46 Å². The van der Waals surface area contributed by atoms with Crippen LogP contribution in [0.1, 0.15) is 5.56 Å². The first-order valence-electron chi connectivity index (χ1n) is 3.24. The lowest BCUT2D eigenvalue weighted by molar-refractivity contribution is 0.425. The number of benzene rings is 1. The van der Waals surface area contributed by atoms with Gasteiger partial charge in [0.25, 0.3) is 0 Å². The Hall–Kier alpha value is -0.315. The first kappa shape index (κ1) is 8.78. The molecule has 0 saturated heterocycles. The zero-order chi connectivity index (χ0) is 8.43. The molecule has 1 aromatic carbocycles.